The monoisotopic (exact) mass is 189 g/mol. The van der Waals surface area contributed by atoms with E-state index in [-0.39, 0.29) is 0 Å². The van der Waals surface area contributed by atoms with Crippen LogP contribution in [0.4, 0.5) is 0 Å². The summed E-state index contributed by atoms with van der Waals surface area (Å²) in [6.45, 7) is 0.786. The molecular weight excluding hydrogens is 174 g/mol. The van der Waals surface area contributed by atoms with Gasteiger partial charge in [0.2, 0.25) is 0 Å². The fraction of sp³-hybridized carbons (Fsp3) is 0.455. The van der Waals surface area contributed by atoms with E-state index in [9.17, 15) is 0 Å². The molecule has 0 amide bonds. The smallest absolute Gasteiger partial charge is 0.0968 e. The van der Waals surface area contributed by atoms with Gasteiger partial charge in [-0.3, -0.25) is 9.98 Å². The van der Waals surface area contributed by atoms with Gasteiger partial charge in [-0.05, 0) is 30.9 Å². The van der Waals surface area contributed by atoms with E-state index < -0.39 is 0 Å². The largest absolute Gasteiger partial charge is 0.387 e. The summed E-state index contributed by atoms with van der Waals surface area (Å²) < 4.78 is 0. The van der Waals surface area contributed by atoms with E-state index in [1.807, 2.05) is 12.3 Å². The lowest BCUT2D eigenvalue weighted by atomic mass is 10.2. The second-order valence-electron chi connectivity index (χ2n) is 3.69. The number of amidine groups is 1. The van der Waals surface area contributed by atoms with Crippen molar-refractivity contribution >= 4 is 5.84 Å². The van der Waals surface area contributed by atoms with Crippen LogP contribution in [0, 0.1) is 5.92 Å². The highest BCUT2D eigenvalue weighted by Gasteiger charge is 2.24. The molecule has 2 rings (SSSR count). The maximum atomic E-state index is 5.78. The fourth-order valence-electron chi connectivity index (χ4n) is 1.37. The number of nitrogens with two attached hydrogens (primary N) is 1. The third kappa shape index (κ3) is 2.55. The number of rotatable bonds is 4. The molecule has 1 saturated carbocycles. The van der Waals surface area contributed by atoms with E-state index in [2.05, 4.69) is 16.0 Å². The molecule has 0 saturated heterocycles. The van der Waals surface area contributed by atoms with Crippen LogP contribution in [-0.4, -0.2) is 17.4 Å². The van der Waals surface area contributed by atoms with Crippen molar-refractivity contribution < 1.29 is 0 Å². The molecule has 1 heterocycles. The summed E-state index contributed by atoms with van der Waals surface area (Å²) in [6.07, 6.45) is 7.04. The number of pyridine rings is 1. The van der Waals surface area contributed by atoms with Gasteiger partial charge in [-0.15, -0.1) is 0 Å². The van der Waals surface area contributed by atoms with Crippen molar-refractivity contribution in [2.24, 2.45) is 16.6 Å². The molecule has 3 heteroatoms. The van der Waals surface area contributed by atoms with Gasteiger partial charge in [0.15, 0.2) is 0 Å². The third-order valence-corrected chi connectivity index (χ3v) is 2.41. The second-order valence-corrected chi connectivity index (χ2v) is 3.69. The van der Waals surface area contributed by atoms with E-state index in [1.54, 1.807) is 6.20 Å². The first kappa shape index (κ1) is 9.19. The van der Waals surface area contributed by atoms with Gasteiger partial charge < -0.3 is 5.73 Å². The van der Waals surface area contributed by atoms with Crippen molar-refractivity contribution in [3.8, 4) is 0 Å². The van der Waals surface area contributed by atoms with Crippen molar-refractivity contribution in [2.45, 2.75) is 19.3 Å². The molecular formula is C11H15N3. The Morgan fingerprint density at radius 2 is 2.43 bits per heavy atom. The van der Waals surface area contributed by atoms with Gasteiger partial charge in [0.25, 0.3) is 0 Å². The Morgan fingerprint density at radius 3 is 3.07 bits per heavy atom. The highest BCUT2D eigenvalue weighted by atomic mass is 14.9. The van der Waals surface area contributed by atoms with Crippen LogP contribution in [-0.2, 0) is 6.42 Å². The molecule has 0 spiro atoms. The lowest BCUT2D eigenvalue weighted by Crippen LogP contribution is -2.14. The van der Waals surface area contributed by atoms with Crippen LogP contribution < -0.4 is 5.73 Å². The molecule has 3 nitrogen and oxygen atoms in total. The number of hydrogen-bond donors (Lipinski definition) is 1. The van der Waals surface area contributed by atoms with Crippen molar-refractivity contribution in [3.05, 3.63) is 30.1 Å². The van der Waals surface area contributed by atoms with Gasteiger partial charge in [0.1, 0.15) is 0 Å². The zero-order valence-electron chi connectivity index (χ0n) is 8.19. The summed E-state index contributed by atoms with van der Waals surface area (Å²) in [7, 11) is 0. The summed E-state index contributed by atoms with van der Waals surface area (Å²) in [6, 6.07) is 4.01. The van der Waals surface area contributed by atoms with Crippen molar-refractivity contribution in [1.29, 1.82) is 0 Å². The fourth-order valence-corrected chi connectivity index (χ4v) is 1.37. The van der Waals surface area contributed by atoms with Crippen LogP contribution in [0.25, 0.3) is 0 Å². The van der Waals surface area contributed by atoms with Gasteiger partial charge in [0, 0.05) is 24.9 Å². The lowest BCUT2D eigenvalue weighted by Gasteiger charge is -1.98. The highest BCUT2D eigenvalue weighted by Crippen LogP contribution is 2.28. The van der Waals surface area contributed by atoms with Gasteiger partial charge in [-0.1, -0.05) is 6.07 Å². The molecule has 0 aliphatic heterocycles. The average molecular weight is 189 g/mol. The Bertz CT molecular complexity index is 315. The number of aromatic nitrogens is 1. The topological polar surface area (TPSA) is 51.3 Å². The molecule has 1 aliphatic carbocycles. The first-order chi connectivity index (χ1) is 6.86. The lowest BCUT2D eigenvalue weighted by molar-refractivity contribution is 0.940. The molecule has 14 heavy (non-hydrogen) atoms. The van der Waals surface area contributed by atoms with E-state index >= 15 is 0 Å². The van der Waals surface area contributed by atoms with Crippen LogP contribution in [0.2, 0.25) is 0 Å². The molecule has 0 radical (unpaired) electrons. The molecule has 1 fully saturated rings. The third-order valence-electron chi connectivity index (χ3n) is 2.41. The SMILES string of the molecule is NC(=NCCc1cccnc1)C1CC1. The van der Waals surface area contributed by atoms with Gasteiger partial charge in [-0.25, -0.2) is 0 Å². The molecule has 0 atom stereocenters. The normalized spacial score (nSPS) is 17.0. The van der Waals surface area contributed by atoms with Crippen LogP contribution >= 0.6 is 0 Å². The van der Waals surface area contributed by atoms with E-state index in [1.165, 1.54) is 18.4 Å². The second kappa shape index (κ2) is 4.22. The summed E-state index contributed by atoms with van der Waals surface area (Å²) in [5, 5.41) is 0. The minimum atomic E-state index is 0.587. The van der Waals surface area contributed by atoms with Crippen molar-refractivity contribution in [2.75, 3.05) is 6.54 Å². The zero-order chi connectivity index (χ0) is 9.80. The van der Waals surface area contributed by atoms with Crippen molar-refractivity contribution in [1.82, 2.24) is 4.98 Å². The molecule has 0 unspecified atom stereocenters. The zero-order valence-corrected chi connectivity index (χ0v) is 8.19. The Hall–Kier alpha value is -1.38. The average Bonchev–Trinajstić information content (AvgIpc) is 3.02. The Morgan fingerprint density at radius 1 is 1.57 bits per heavy atom. The maximum Gasteiger partial charge on any atom is 0.0968 e. The van der Waals surface area contributed by atoms with Gasteiger partial charge in [0.05, 0.1) is 5.84 Å². The van der Waals surface area contributed by atoms with Crippen LogP contribution in [0.15, 0.2) is 29.5 Å². The van der Waals surface area contributed by atoms with Gasteiger partial charge >= 0.3 is 0 Å². The first-order valence-electron chi connectivity index (χ1n) is 5.05. The molecule has 2 N–H and O–H groups in total. The van der Waals surface area contributed by atoms with Crippen LogP contribution in [0.1, 0.15) is 18.4 Å². The highest BCUT2D eigenvalue weighted by molar-refractivity contribution is 5.84. The van der Waals surface area contributed by atoms with Crippen LogP contribution in [0.3, 0.4) is 0 Å². The molecule has 74 valence electrons. The minimum Gasteiger partial charge on any atom is -0.387 e. The standard InChI is InChI=1S/C11H15N3/c12-11(10-3-4-10)14-7-5-9-2-1-6-13-8-9/h1-2,6,8,10H,3-5,7H2,(H2,12,14). The Balaban J connectivity index is 1.80. The number of nitrogens with zero attached hydrogens (tertiary/aromatic N) is 2. The molecule has 0 bridgehead atoms. The van der Waals surface area contributed by atoms with E-state index in [0.29, 0.717) is 5.92 Å². The molecule has 1 aromatic heterocycles. The van der Waals surface area contributed by atoms with Gasteiger partial charge in [-0.2, -0.15) is 0 Å². The number of hydrogen-bond acceptors (Lipinski definition) is 2. The van der Waals surface area contributed by atoms with Crippen LogP contribution in [0.5, 0.6) is 0 Å². The summed E-state index contributed by atoms with van der Waals surface area (Å²) in [4.78, 5) is 8.40. The summed E-state index contributed by atoms with van der Waals surface area (Å²) in [5.74, 6) is 1.43. The first-order valence-corrected chi connectivity index (χ1v) is 5.05. The summed E-state index contributed by atoms with van der Waals surface area (Å²) >= 11 is 0. The maximum absolute atomic E-state index is 5.78. The predicted octanol–water partition coefficient (Wildman–Crippen LogP) is 1.39. The molecule has 0 aromatic carbocycles. The molecule has 1 aromatic rings. The quantitative estimate of drug-likeness (QED) is 0.575. The van der Waals surface area contributed by atoms with Crippen molar-refractivity contribution in [3.63, 3.8) is 0 Å². The minimum absolute atomic E-state index is 0.587. The number of aliphatic imine (C=N–C) groups is 1. The predicted molar refractivity (Wildman–Crippen MR) is 57.2 cm³/mol. The Kier molecular flexibility index (Phi) is 2.77. The van der Waals surface area contributed by atoms with E-state index in [0.717, 1.165) is 18.8 Å². The van der Waals surface area contributed by atoms with E-state index in [4.69, 9.17) is 5.73 Å². The summed E-state index contributed by atoms with van der Waals surface area (Å²) in [5.41, 5.74) is 7.00. The Labute approximate surface area is 84.1 Å². The molecule has 1 aliphatic rings.